The highest BCUT2D eigenvalue weighted by molar-refractivity contribution is 5.73. The average Bonchev–Trinajstić information content (AvgIpc) is 2.90. The Morgan fingerprint density at radius 3 is 2.57 bits per heavy atom. The van der Waals surface area contributed by atoms with E-state index in [1.165, 1.54) is 77.4 Å². The molecule has 2 aliphatic heterocycles. The molecule has 0 radical (unpaired) electrons. The van der Waals surface area contributed by atoms with Gasteiger partial charge in [-0.2, -0.15) is 0 Å². The van der Waals surface area contributed by atoms with E-state index in [0.29, 0.717) is 5.41 Å². The monoisotopic (exact) mass is 292 g/mol. The maximum atomic E-state index is 11.6. The molecular weight excluding hydrogens is 260 g/mol. The van der Waals surface area contributed by atoms with Crippen molar-refractivity contribution in [1.82, 2.24) is 9.80 Å². The van der Waals surface area contributed by atoms with Crippen LogP contribution in [0.1, 0.15) is 64.7 Å². The Morgan fingerprint density at radius 1 is 1.05 bits per heavy atom. The fraction of sp³-hybridized carbons (Fsp3) is 0.944. The second-order valence-corrected chi connectivity index (χ2v) is 7.86. The molecule has 0 aromatic carbocycles. The lowest BCUT2D eigenvalue weighted by atomic mass is 9.79. The Morgan fingerprint density at radius 2 is 1.86 bits per heavy atom. The van der Waals surface area contributed by atoms with Gasteiger partial charge in [0.05, 0.1) is 0 Å². The molecular formula is C18H32N2O. The summed E-state index contributed by atoms with van der Waals surface area (Å²) >= 11 is 0. The summed E-state index contributed by atoms with van der Waals surface area (Å²) in [5.74, 6) is 1.26. The van der Waals surface area contributed by atoms with Crippen molar-refractivity contribution >= 4 is 5.91 Å². The normalized spacial score (nSPS) is 32.0. The summed E-state index contributed by atoms with van der Waals surface area (Å²) in [6, 6.07) is 0. The van der Waals surface area contributed by atoms with E-state index in [1.807, 2.05) is 0 Å². The lowest BCUT2D eigenvalue weighted by molar-refractivity contribution is -0.128. The molecule has 1 amide bonds. The Labute approximate surface area is 130 Å². The minimum absolute atomic E-state index is 0.270. The molecule has 0 bridgehead atoms. The first-order valence-corrected chi connectivity index (χ1v) is 9.15. The summed E-state index contributed by atoms with van der Waals surface area (Å²) in [4.78, 5) is 16.4. The highest BCUT2D eigenvalue weighted by atomic mass is 16.2. The van der Waals surface area contributed by atoms with Gasteiger partial charge in [-0.25, -0.2) is 0 Å². The first-order chi connectivity index (χ1) is 10.2. The van der Waals surface area contributed by atoms with Gasteiger partial charge in [0.15, 0.2) is 0 Å². The van der Waals surface area contributed by atoms with Crippen molar-refractivity contribution in [2.24, 2.45) is 11.3 Å². The van der Waals surface area contributed by atoms with Gasteiger partial charge in [-0.1, -0.05) is 32.1 Å². The summed E-state index contributed by atoms with van der Waals surface area (Å²) in [7, 11) is 0. The smallest absolute Gasteiger partial charge is 0.219 e. The predicted octanol–water partition coefficient (Wildman–Crippen LogP) is 3.29. The molecule has 3 heteroatoms. The number of carbonyl (C=O) groups is 1. The molecule has 1 spiro atoms. The van der Waals surface area contributed by atoms with Crippen molar-refractivity contribution in [3.05, 3.63) is 0 Å². The molecule has 3 fully saturated rings. The zero-order chi connectivity index (χ0) is 14.7. The third-order valence-electron chi connectivity index (χ3n) is 6.20. The van der Waals surface area contributed by atoms with Crippen LogP contribution in [0.3, 0.4) is 0 Å². The molecule has 2 heterocycles. The zero-order valence-corrected chi connectivity index (χ0v) is 13.8. The van der Waals surface area contributed by atoms with E-state index in [2.05, 4.69) is 9.80 Å². The van der Waals surface area contributed by atoms with Crippen LogP contribution in [0.5, 0.6) is 0 Å². The zero-order valence-electron chi connectivity index (χ0n) is 13.8. The van der Waals surface area contributed by atoms with Gasteiger partial charge in [-0.05, 0) is 44.7 Å². The predicted molar refractivity (Wildman–Crippen MR) is 86.2 cm³/mol. The molecule has 0 aromatic rings. The van der Waals surface area contributed by atoms with Crippen molar-refractivity contribution in [1.29, 1.82) is 0 Å². The molecule has 120 valence electrons. The highest BCUT2D eigenvalue weighted by Gasteiger charge is 2.41. The molecule has 3 rings (SSSR count). The first kappa shape index (κ1) is 15.3. The SMILES string of the molecule is CC(=O)N1CC[C@@]2(CCCN(CCC3CCCCC3)C2)C1. The number of carbonyl (C=O) groups excluding carboxylic acids is 1. The van der Waals surface area contributed by atoms with Gasteiger partial charge in [-0.15, -0.1) is 0 Å². The lowest BCUT2D eigenvalue weighted by Crippen LogP contribution is -2.45. The lowest BCUT2D eigenvalue weighted by Gasteiger charge is -2.41. The molecule has 0 unspecified atom stereocenters. The van der Waals surface area contributed by atoms with Crippen molar-refractivity contribution in [3.63, 3.8) is 0 Å². The van der Waals surface area contributed by atoms with Crippen LogP contribution in [-0.2, 0) is 4.79 Å². The third kappa shape index (κ3) is 3.80. The van der Waals surface area contributed by atoms with E-state index in [-0.39, 0.29) is 5.91 Å². The molecule has 1 aliphatic carbocycles. The molecule has 21 heavy (non-hydrogen) atoms. The van der Waals surface area contributed by atoms with Crippen LogP contribution in [0, 0.1) is 11.3 Å². The number of rotatable bonds is 3. The summed E-state index contributed by atoms with van der Waals surface area (Å²) < 4.78 is 0. The van der Waals surface area contributed by atoms with E-state index < -0.39 is 0 Å². The topological polar surface area (TPSA) is 23.6 Å². The van der Waals surface area contributed by atoms with Gasteiger partial charge in [0.25, 0.3) is 0 Å². The molecule has 0 N–H and O–H groups in total. The van der Waals surface area contributed by atoms with Crippen LogP contribution < -0.4 is 0 Å². The van der Waals surface area contributed by atoms with Gasteiger partial charge in [0.1, 0.15) is 0 Å². The number of hydrogen-bond donors (Lipinski definition) is 0. The van der Waals surface area contributed by atoms with Crippen molar-refractivity contribution in [2.45, 2.75) is 64.7 Å². The van der Waals surface area contributed by atoms with Crippen molar-refractivity contribution < 1.29 is 4.79 Å². The van der Waals surface area contributed by atoms with Gasteiger partial charge in [-0.3, -0.25) is 4.79 Å². The average molecular weight is 292 g/mol. The molecule has 1 atom stereocenters. The number of nitrogens with zero attached hydrogens (tertiary/aromatic N) is 2. The van der Waals surface area contributed by atoms with Gasteiger partial charge in [0, 0.05) is 32.0 Å². The van der Waals surface area contributed by atoms with Crippen LogP contribution in [-0.4, -0.2) is 48.4 Å². The second-order valence-electron chi connectivity index (χ2n) is 7.86. The van der Waals surface area contributed by atoms with E-state index in [4.69, 9.17) is 0 Å². The van der Waals surface area contributed by atoms with Crippen LogP contribution in [0.4, 0.5) is 0 Å². The minimum Gasteiger partial charge on any atom is -0.342 e. The number of amides is 1. The Bertz CT molecular complexity index is 364. The first-order valence-electron chi connectivity index (χ1n) is 9.15. The summed E-state index contributed by atoms with van der Waals surface area (Å²) in [5, 5.41) is 0. The minimum atomic E-state index is 0.270. The standard InChI is InChI=1S/C18H32N2O/c1-16(21)20-13-10-18(15-20)9-5-11-19(14-18)12-8-17-6-3-2-4-7-17/h17H,2-15H2,1H3/t18-/m1/s1. The van der Waals surface area contributed by atoms with E-state index >= 15 is 0 Å². The summed E-state index contributed by atoms with van der Waals surface area (Å²) in [6.45, 7) is 7.56. The van der Waals surface area contributed by atoms with Gasteiger partial charge >= 0.3 is 0 Å². The number of hydrogen-bond acceptors (Lipinski definition) is 2. The molecule has 0 aromatic heterocycles. The van der Waals surface area contributed by atoms with Crippen LogP contribution in [0.15, 0.2) is 0 Å². The second kappa shape index (κ2) is 6.68. The van der Waals surface area contributed by atoms with Crippen LogP contribution in [0.2, 0.25) is 0 Å². The quantitative estimate of drug-likeness (QED) is 0.797. The van der Waals surface area contributed by atoms with E-state index in [9.17, 15) is 4.79 Å². The van der Waals surface area contributed by atoms with Crippen molar-refractivity contribution in [2.75, 3.05) is 32.7 Å². The van der Waals surface area contributed by atoms with Crippen LogP contribution >= 0.6 is 0 Å². The van der Waals surface area contributed by atoms with E-state index in [0.717, 1.165) is 19.0 Å². The fourth-order valence-corrected chi connectivity index (χ4v) is 4.88. The Hall–Kier alpha value is -0.570. The van der Waals surface area contributed by atoms with Gasteiger partial charge < -0.3 is 9.80 Å². The molecule has 2 saturated heterocycles. The third-order valence-corrected chi connectivity index (χ3v) is 6.20. The molecule has 3 aliphatic rings. The maximum Gasteiger partial charge on any atom is 0.219 e. The maximum absolute atomic E-state index is 11.6. The van der Waals surface area contributed by atoms with Gasteiger partial charge in [0.2, 0.25) is 5.91 Å². The summed E-state index contributed by atoms with van der Waals surface area (Å²) in [5.41, 5.74) is 0.427. The molecule has 3 nitrogen and oxygen atoms in total. The number of piperidine rings is 1. The van der Waals surface area contributed by atoms with E-state index in [1.54, 1.807) is 6.92 Å². The largest absolute Gasteiger partial charge is 0.342 e. The number of likely N-dealkylation sites (tertiary alicyclic amines) is 2. The molecule has 1 saturated carbocycles. The van der Waals surface area contributed by atoms with Crippen molar-refractivity contribution in [3.8, 4) is 0 Å². The van der Waals surface area contributed by atoms with Crippen LogP contribution in [0.25, 0.3) is 0 Å². The Balaban J connectivity index is 1.48. The Kier molecular flexibility index (Phi) is 4.88. The highest BCUT2D eigenvalue weighted by Crippen LogP contribution is 2.39. The summed E-state index contributed by atoms with van der Waals surface area (Å²) in [6.07, 6.45) is 12.6. The fourth-order valence-electron chi connectivity index (χ4n) is 4.88.